The van der Waals surface area contributed by atoms with Crippen molar-refractivity contribution in [1.29, 1.82) is 0 Å². The van der Waals surface area contributed by atoms with Gasteiger partial charge >= 0.3 is 0 Å². The van der Waals surface area contributed by atoms with E-state index < -0.39 is 5.92 Å². The van der Waals surface area contributed by atoms with Crippen molar-refractivity contribution >= 4 is 15.9 Å². The van der Waals surface area contributed by atoms with E-state index >= 15 is 0 Å². The van der Waals surface area contributed by atoms with Crippen LogP contribution in [0.15, 0.2) is 22.8 Å². The Morgan fingerprint density at radius 3 is 2.69 bits per heavy atom. The molecule has 1 aromatic rings. The fraction of sp³-hybridized carbons (Fsp3) is 0.444. The lowest BCUT2D eigenvalue weighted by atomic mass is 9.79. The molecule has 1 saturated carbocycles. The second-order valence-electron chi connectivity index (χ2n) is 3.36. The molecule has 0 bridgehead atoms. The number of alkyl halides is 2. The summed E-state index contributed by atoms with van der Waals surface area (Å²) in [5, 5.41) is 0. The summed E-state index contributed by atoms with van der Waals surface area (Å²) in [4.78, 5) is 4.06. The summed E-state index contributed by atoms with van der Waals surface area (Å²) < 4.78 is 26.0. The molecule has 4 heteroatoms. The van der Waals surface area contributed by atoms with Crippen LogP contribution in [0.1, 0.15) is 24.5 Å². The number of halogens is 3. The summed E-state index contributed by atoms with van der Waals surface area (Å²) in [6.07, 6.45) is 1.52. The maximum absolute atomic E-state index is 12.5. The summed E-state index contributed by atoms with van der Waals surface area (Å²) >= 11 is 3.28. The molecule has 0 N–H and O–H groups in total. The Kier molecular flexibility index (Phi) is 2.10. The largest absolute Gasteiger partial charge is 0.261 e. The molecule has 0 spiro atoms. The first kappa shape index (κ1) is 9.06. The van der Waals surface area contributed by atoms with Crippen molar-refractivity contribution in [2.45, 2.75) is 24.7 Å². The van der Waals surface area contributed by atoms with E-state index in [-0.39, 0.29) is 18.8 Å². The molecule has 0 aliphatic heterocycles. The van der Waals surface area contributed by atoms with E-state index in [1.54, 1.807) is 18.3 Å². The molecular weight excluding hydrogens is 240 g/mol. The lowest BCUT2D eigenvalue weighted by Crippen LogP contribution is -2.34. The standard InChI is InChI=1S/C9H8BrF2N/c10-7-1-2-13-8(3-7)6-4-9(11,12)5-6/h1-3,6H,4-5H2. The van der Waals surface area contributed by atoms with Gasteiger partial charge in [0, 0.05) is 35.1 Å². The minimum Gasteiger partial charge on any atom is -0.261 e. The van der Waals surface area contributed by atoms with E-state index in [2.05, 4.69) is 20.9 Å². The second-order valence-corrected chi connectivity index (χ2v) is 4.28. The molecule has 1 nitrogen and oxygen atoms in total. The van der Waals surface area contributed by atoms with Crippen LogP contribution in [0.25, 0.3) is 0 Å². The molecule has 0 aromatic carbocycles. The van der Waals surface area contributed by atoms with Gasteiger partial charge in [0.25, 0.3) is 0 Å². The van der Waals surface area contributed by atoms with Gasteiger partial charge in [0.05, 0.1) is 0 Å². The van der Waals surface area contributed by atoms with Gasteiger partial charge in [-0.1, -0.05) is 15.9 Å². The third-order valence-corrected chi connectivity index (χ3v) is 2.74. The van der Waals surface area contributed by atoms with Gasteiger partial charge in [0.15, 0.2) is 0 Å². The molecule has 0 radical (unpaired) electrons. The van der Waals surface area contributed by atoms with Crippen molar-refractivity contribution in [1.82, 2.24) is 4.98 Å². The molecule has 1 aliphatic carbocycles. The number of hydrogen-bond acceptors (Lipinski definition) is 1. The molecule has 1 aromatic heterocycles. The van der Waals surface area contributed by atoms with Crippen molar-refractivity contribution in [2.24, 2.45) is 0 Å². The van der Waals surface area contributed by atoms with Crippen LogP contribution in [0.2, 0.25) is 0 Å². The molecule has 1 aliphatic rings. The second kappa shape index (κ2) is 3.01. The highest BCUT2D eigenvalue weighted by atomic mass is 79.9. The van der Waals surface area contributed by atoms with Crippen LogP contribution in [0, 0.1) is 0 Å². The smallest absolute Gasteiger partial charge is 0.249 e. The van der Waals surface area contributed by atoms with Gasteiger partial charge < -0.3 is 0 Å². The predicted molar refractivity (Wildman–Crippen MR) is 48.9 cm³/mol. The first-order valence-electron chi connectivity index (χ1n) is 4.06. The highest BCUT2D eigenvalue weighted by Crippen LogP contribution is 2.47. The van der Waals surface area contributed by atoms with Gasteiger partial charge in [-0.3, -0.25) is 4.98 Å². The molecule has 0 unspecified atom stereocenters. The predicted octanol–water partition coefficient (Wildman–Crippen LogP) is 3.36. The molecule has 2 rings (SSSR count). The topological polar surface area (TPSA) is 12.9 Å². The van der Waals surface area contributed by atoms with Crippen molar-refractivity contribution in [3.8, 4) is 0 Å². The Hall–Kier alpha value is -0.510. The first-order chi connectivity index (χ1) is 6.07. The van der Waals surface area contributed by atoms with Crippen LogP contribution in [-0.2, 0) is 0 Å². The molecular formula is C9H8BrF2N. The van der Waals surface area contributed by atoms with Gasteiger partial charge in [-0.15, -0.1) is 0 Å². The fourth-order valence-electron chi connectivity index (χ4n) is 1.51. The summed E-state index contributed by atoms with van der Waals surface area (Å²) in [6.45, 7) is 0. The summed E-state index contributed by atoms with van der Waals surface area (Å²) in [7, 11) is 0. The van der Waals surface area contributed by atoms with E-state index in [0.717, 1.165) is 10.2 Å². The lowest BCUT2D eigenvalue weighted by molar-refractivity contribution is -0.0876. The Morgan fingerprint density at radius 2 is 2.15 bits per heavy atom. The number of rotatable bonds is 1. The molecule has 0 atom stereocenters. The van der Waals surface area contributed by atoms with Crippen molar-refractivity contribution in [2.75, 3.05) is 0 Å². The van der Waals surface area contributed by atoms with Crippen LogP contribution < -0.4 is 0 Å². The summed E-state index contributed by atoms with van der Waals surface area (Å²) in [5.74, 6) is -2.53. The summed E-state index contributed by atoms with van der Waals surface area (Å²) in [6, 6.07) is 3.60. The lowest BCUT2D eigenvalue weighted by Gasteiger charge is -2.34. The SMILES string of the molecule is FC1(F)CC(c2cc(Br)ccn2)C1. The number of aromatic nitrogens is 1. The monoisotopic (exact) mass is 247 g/mol. The van der Waals surface area contributed by atoms with E-state index in [1.807, 2.05) is 0 Å². The Balaban J connectivity index is 2.11. The maximum atomic E-state index is 12.5. The number of hydrogen-bond donors (Lipinski definition) is 0. The Labute approximate surface area is 83.3 Å². The van der Waals surface area contributed by atoms with Gasteiger partial charge in [-0.25, -0.2) is 8.78 Å². The first-order valence-corrected chi connectivity index (χ1v) is 4.85. The maximum Gasteiger partial charge on any atom is 0.249 e. The van der Waals surface area contributed by atoms with Crippen LogP contribution >= 0.6 is 15.9 Å². The van der Waals surface area contributed by atoms with E-state index in [9.17, 15) is 8.78 Å². The van der Waals surface area contributed by atoms with E-state index in [1.165, 1.54) is 0 Å². The van der Waals surface area contributed by atoms with Crippen LogP contribution in [0.4, 0.5) is 8.78 Å². The normalized spacial score (nSPS) is 21.2. The molecule has 0 amide bonds. The zero-order chi connectivity index (χ0) is 9.47. The van der Waals surface area contributed by atoms with Gasteiger partial charge in [-0.05, 0) is 12.1 Å². The van der Waals surface area contributed by atoms with E-state index in [4.69, 9.17) is 0 Å². The van der Waals surface area contributed by atoms with Gasteiger partial charge in [0.2, 0.25) is 5.92 Å². The van der Waals surface area contributed by atoms with E-state index in [0.29, 0.717) is 0 Å². The average Bonchev–Trinajstić information content (AvgIpc) is 2.00. The third-order valence-electron chi connectivity index (χ3n) is 2.25. The quantitative estimate of drug-likeness (QED) is 0.742. The number of pyridine rings is 1. The zero-order valence-electron chi connectivity index (χ0n) is 6.80. The zero-order valence-corrected chi connectivity index (χ0v) is 8.39. The Morgan fingerprint density at radius 1 is 1.46 bits per heavy atom. The average molecular weight is 248 g/mol. The van der Waals surface area contributed by atoms with Crippen LogP contribution in [0.3, 0.4) is 0 Å². The molecule has 70 valence electrons. The van der Waals surface area contributed by atoms with Gasteiger partial charge in [-0.2, -0.15) is 0 Å². The highest BCUT2D eigenvalue weighted by Gasteiger charge is 2.46. The number of nitrogens with zero attached hydrogens (tertiary/aromatic N) is 1. The van der Waals surface area contributed by atoms with Crippen molar-refractivity contribution in [3.63, 3.8) is 0 Å². The minimum absolute atomic E-state index is 0.0591. The summed E-state index contributed by atoms with van der Waals surface area (Å²) in [5.41, 5.74) is 0.764. The van der Waals surface area contributed by atoms with Crippen molar-refractivity contribution < 1.29 is 8.78 Å². The van der Waals surface area contributed by atoms with Crippen LogP contribution in [-0.4, -0.2) is 10.9 Å². The fourth-order valence-corrected chi connectivity index (χ4v) is 1.87. The molecule has 1 heterocycles. The Bertz CT molecular complexity index is 319. The molecule has 13 heavy (non-hydrogen) atoms. The molecule has 1 fully saturated rings. The molecule has 0 saturated heterocycles. The minimum atomic E-state index is -2.46. The third kappa shape index (κ3) is 1.88. The van der Waals surface area contributed by atoms with Crippen molar-refractivity contribution in [3.05, 3.63) is 28.5 Å². The highest BCUT2D eigenvalue weighted by molar-refractivity contribution is 9.10. The van der Waals surface area contributed by atoms with Crippen LogP contribution in [0.5, 0.6) is 0 Å². The van der Waals surface area contributed by atoms with Gasteiger partial charge in [0.1, 0.15) is 0 Å².